The van der Waals surface area contributed by atoms with E-state index in [1.165, 1.54) is 6.07 Å². The second kappa shape index (κ2) is 6.73. The van der Waals surface area contributed by atoms with Crippen LogP contribution >= 0.6 is 11.6 Å². The lowest BCUT2D eigenvalue weighted by Crippen LogP contribution is -2.53. The maximum Gasteiger partial charge on any atom is 0.224 e. The monoisotopic (exact) mass is 315 g/mol. The number of alkyl halides is 1. The van der Waals surface area contributed by atoms with Crippen LogP contribution in [0.2, 0.25) is 0 Å². The second-order valence-electron chi connectivity index (χ2n) is 6.09. The third-order valence-electron chi connectivity index (χ3n) is 4.10. The van der Waals surface area contributed by atoms with Gasteiger partial charge in [0.1, 0.15) is 0 Å². The molecule has 0 heterocycles. The average molecular weight is 316 g/mol. The smallest absolute Gasteiger partial charge is 0.224 e. The molecule has 1 fully saturated rings. The molecule has 1 N–H and O–H groups in total. The van der Waals surface area contributed by atoms with Crippen molar-refractivity contribution in [2.24, 2.45) is 5.92 Å². The number of benzene rings is 1. The van der Waals surface area contributed by atoms with Gasteiger partial charge in [0.15, 0.2) is 11.6 Å². The molecule has 0 radical (unpaired) electrons. The molecule has 5 heteroatoms. The Bertz CT molecular complexity index is 523. The molecule has 0 bridgehead atoms. The molecule has 1 aromatic carbocycles. The molecular weight excluding hydrogens is 296 g/mol. The fraction of sp³-hybridized carbons (Fsp3) is 0.562. The van der Waals surface area contributed by atoms with Crippen LogP contribution in [0.15, 0.2) is 18.2 Å². The zero-order valence-corrected chi connectivity index (χ0v) is 12.9. The highest BCUT2D eigenvalue weighted by atomic mass is 35.5. The van der Waals surface area contributed by atoms with E-state index in [4.69, 9.17) is 11.6 Å². The van der Waals surface area contributed by atoms with Crippen LogP contribution in [0.25, 0.3) is 0 Å². The summed E-state index contributed by atoms with van der Waals surface area (Å²) < 4.78 is 26.0. The molecular formula is C16H20ClF2NO. The van der Waals surface area contributed by atoms with Gasteiger partial charge in [-0.1, -0.05) is 25.8 Å². The van der Waals surface area contributed by atoms with Crippen LogP contribution in [-0.4, -0.2) is 17.3 Å². The molecule has 0 aromatic heterocycles. The Kier molecular flexibility index (Phi) is 5.20. The van der Waals surface area contributed by atoms with Crippen LogP contribution < -0.4 is 5.32 Å². The Morgan fingerprint density at radius 3 is 2.81 bits per heavy atom. The van der Waals surface area contributed by atoms with Gasteiger partial charge in [-0.3, -0.25) is 4.79 Å². The summed E-state index contributed by atoms with van der Waals surface area (Å²) in [5.41, 5.74) is 0.0921. The minimum absolute atomic E-state index is 0.0320. The topological polar surface area (TPSA) is 29.1 Å². The number of hydrogen-bond donors (Lipinski definition) is 1. The van der Waals surface area contributed by atoms with Crippen molar-refractivity contribution >= 4 is 17.5 Å². The molecule has 1 aromatic rings. The van der Waals surface area contributed by atoms with Crippen molar-refractivity contribution < 1.29 is 13.6 Å². The third kappa shape index (κ3) is 4.16. The number of carbonyl (C=O) groups is 1. The van der Waals surface area contributed by atoms with Gasteiger partial charge in [0, 0.05) is 5.88 Å². The fourth-order valence-corrected chi connectivity index (χ4v) is 3.41. The van der Waals surface area contributed by atoms with Gasteiger partial charge in [-0.15, -0.1) is 11.6 Å². The van der Waals surface area contributed by atoms with Crippen molar-refractivity contribution in [3.8, 4) is 0 Å². The number of hydrogen-bond acceptors (Lipinski definition) is 1. The molecule has 116 valence electrons. The number of rotatable bonds is 4. The van der Waals surface area contributed by atoms with Crippen LogP contribution in [0, 0.1) is 17.6 Å². The highest BCUT2D eigenvalue weighted by molar-refractivity contribution is 6.18. The molecule has 2 atom stereocenters. The minimum atomic E-state index is -0.932. The van der Waals surface area contributed by atoms with E-state index in [0.29, 0.717) is 17.4 Å². The van der Waals surface area contributed by atoms with Crippen molar-refractivity contribution in [1.29, 1.82) is 0 Å². The Hall–Kier alpha value is -1.16. The maximum atomic E-state index is 13.2. The van der Waals surface area contributed by atoms with Crippen LogP contribution in [0.3, 0.4) is 0 Å². The van der Waals surface area contributed by atoms with Crippen molar-refractivity contribution in [2.45, 2.75) is 44.6 Å². The van der Waals surface area contributed by atoms with E-state index in [1.807, 2.05) is 0 Å². The summed E-state index contributed by atoms with van der Waals surface area (Å²) in [5, 5.41) is 3.01. The lowest BCUT2D eigenvalue weighted by Gasteiger charge is -2.39. The molecule has 21 heavy (non-hydrogen) atoms. The maximum absolute atomic E-state index is 13.2. The van der Waals surface area contributed by atoms with E-state index in [2.05, 4.69) is 12.2 Å². The van der Waals surface area contributed by atoms with Gasteiger partial charge in [-0.25, -0.2) is 8.78 Å². The van der Waals surface area contributed by atoms with Crippen LogP contribution in [0.1, 0.15) is 38.2 Å². The first-order valence-corrected chi connectivity index (χ1v) is 7.78. The zero-order chi connectivity index (χ0) is 15.5. The summed E-state index contributed by atoms with van der Waals surface area (Å²) in [4.78, 5) is 12.2. The van der Waals surface area contributed by atoms with Crippen LogP contribution in [-0.2, 0) is 11.2 Å². The molecule has 1 amide bonds. The number of carbonyl (C=O) groups excluding carboxylic acids is 1. The van der Waals surface area contributed by atoms with Crippen molar-refractivity contribution in [2.75, 3.05) is 5.88 Å². The van der Waals surface area contributed by atoms with Crippen LogP contribution in [0.4, 0.5) is 8.78 Å². The van der Waals surface area contributed by atoms with Gasteiger partial charge in [0.05, 0.1) is 12.0 Å². The van der Waals surface area contributed by atoms with Gasteiger partial charge in [0.25, 0.3) is 0 Å². The number of amides is 1. The quantitative estimate of drug-likeness (QED) is 0.841. The number of nitrogens with one attached hydrogen (secondary N) is 1. The Labute approximate surface area is 128 Å². The van der Waals surface area contributed by atoms with Gasteiger partial charge in [-0.05, 0) is 36.5 Å². The first kappa shape index (κ1) is 16.2. The van der Waals surface area contributed by atoms with Gasteiger partial charge in [0.2, 0.25) is 5.91 Å². The molecule has 1 saturated carbocycles. The highest BCUT2D eigenvalue weighted by Gasteiger charge is 2.35. The summed E-state index contributed by atoms with van der Waals surface area (Å²) in [6, 6.07) is 3.53. The Morgan fingerprint density at radius 1 is 1.43 bits per heavy atom. The molecule has 2 unspecified atom stereocenters. The van der Waals surface area contributed by atoms with Gasteiger partial charge >= 0.3 is 0 Å². The molecule has 0 aliphatic heterocycles. The fourth-order valence-electron chi connectivity index (χ4n) is 3.10. The van der Waals surface area contributed by atoms with E-state index < -0.39 is 11.6 Å². The third-order valence-corrected chi connectivity index (χ3v) is 4.61. The Morgan fingerprint density at radius 2 is 2.19 bits per heavy atom. The lowest BCUT2D eigenvalue weighted by atomic mass is 9.77. The molecule has 1 aliphatic carbocycles. The van der Waals surface area contributed by atoms with Crippen LogP contribution in [0.5, 0.6) is 0 Å². The van der Waals surface area contributed by atoms with E-state index in [0.717, 1.165) is 37.8 Å². The molecule has 0 spiro atoms. The van der Waals surface area contributed by atoms with E-state index in [9.17, 15) is 13.6 Å². The number of halogens is 3. The summed E-state index contributed by atoms with van der Waals surface area (Å²) in [7, 11) is 0. The predicted octanol–water partition coefficient (Wildman–Crippen LogP) is 3.81. The summed E-state index contributed by atoms with van der Waals surface area (Å²) in [5.74, 6) is -1.13. The predicted molar refractivity (Wildman–Crippen MR) is 79.3 cm³/mol. The van der Waals surface area contributed by atoms with Gasteiger partial charge in [-0.2, -0.15) is 0 Å². The normalized spacial score (nSPS) is 25.6. The average Bonchev–Trinajstić information content (AvgIpc) is 2.43. The standard InChI is InChI=1S/C16H20ClF2NO/c1-11-3-2-6-16(9-11,10-17)20-15(21)8-12-4-5-13(18)14(19)7-12/h4-5,7,11H,2-3,6,8-10H2,1H3,(H,20,21). The zero-order valence-electron chi connectivity index (χ0n) is 12.1. The lowest BCUT2D eigenvalue weighted by molar-refractivity contribution is -0.122. The van der Waals surface area contributed by atoms with Crippen molar-refractivity contribution in [3.63, 3.8) is 0 Å². The van der Waals surface area contributed by atoms with E-state index >= 15 is 0 Å². The highest BCUT2D eigenvalue weighted by Crippen LogP contribution is 2.33. The molecule has 0 saturated heterocycles. The minimum Gasteiger partial charge on any atom is -0.349 e. The SMILES string of the molecule is CC1CCCC(CCl)(NC(=O)Cc2ccc(F)c(F)c2)C1. The largest absolute Gasteiger partial charge is 0.349 e. The van der Waals surface area contributed by atoms with Gasteiger partial charge < -0.3 is 5.32 Å². The van der Waals surface area contributed by atoms with Crippen molar-refractivity contribution in [3.05, 3.63) is 35.4 Å². The van der Waals surface area contributed by atoms with Crippen molar-refractivity contribution in [1.82, 2.24) is 5.32 Å². The Balaban J connectivity index is 2.01. The molecule has 2 rings (SSSR count). The summed E-state index contributed by atoms with van der Waals surface area (Å²) >= 11 is 6.07. The second-order valence-corrected chi connectivity index (χ2v) is 6.36. The molecule has 1 aliphatic rings. The van der Waals surface area contributed by atoms with E-state index in [-0.39, 0.29) is 17.9 Å². The molecule has 2 nitrogen and oxygen atoms in total. The first-order valence-electron chi connectivity index (χ1n) is 7.25. The summed E-state index contributed by atoms with van der Waals surface area (Å²) in [6.45, 7) is 2.15. The first-order chi connectivity index (χ1) is 9.94. The van der Waals surface area contributed by atoms with E-state index in [1.54, 1.807) is 0 Å². The summed E-state index contributed by atoms with van der Waals surface area (Å²) in [6.07, 6.45) is 3.95.